The minimum atomic E-state index is -0.257. The molecule has 84 valence electrons. The molecule has 0 saturated heterocycles. The van der Waals surface area contributed by atoms with Gasteiger partial charge in [-0.25, -0.2) is 9.37 Å². The molecule has 0 aliphatic heterocycles. The Kier molecular flexibility index (Phi) is 3.51. The maximum atomic E-state index is 12.8. The summed E-state index contributed by atoms with van der Waals surface area (Å²) in [5.74, 6) is 0.242. The predicted molar refractivity (Wildman–Crippen MR) is 66.4 cm³/mol. The number of alkyl halides is 1. The van der Waals surface area contributed by atoms with E-state index in [1.807, 2.05) is 0 Å². The Hall–Kier alpha value is -1.00. The van der Waals surface area contributed by atoms with Gasteiger partial charge in [0.2, 0.25) is 0 Å². The average Bonchev–Trinajstić information content (AvgIpc) is 2.62. The van der Waals surface area contributed by atoms with Crippen molar-refractivity contribution in [1.29, 1.82) is 0 Å². The number of aromatic nitrogens is 2. The quantitative estimate of drug-likeness (QED) is 0.660. The van der Waals surface area contributed by atoms with Crippen molar-refractivity contribution in [2.45, 2.75) is 6.42 Å². The Morgan fingerprint density at radius 1 is 1.31 bits per heavy atom. The van der Waals surface area contributed by atoms with E-state index in [1.54, 1.807) is 22.4 Å². The lowest BCUT2D eigenvalue weighted by atomic mass is 10.1. The molecule has 2 nitrogen and oxygen atoms in total. The molecule has 1 aromatic heterocycles. The summed E-state index contributed by atoms with van der Waals surface area (Å²) in [6.45, 7) is 0. The summed E-state index contributed by atoms with van der Waals surface area (Å²) in [4.78, 5) is 4.21. The largest absolute Gasteiger partial charge is 0.275 e. The van der Waals surface area contributed by atoms with Crippen molar-refractivity contribution in [3.05, 3.63) is 42.1 Å². The maximum absolute atomic E-state index is 12.8. The Bertz CT molecular complexity index is 481. The van der Waals surface area contributed by atoms with Crippen molar-refractivity contribution in [1.82, 2.24) is 8.96 Å². The van der Waals surface area contributed by atoms with E-state index in [0.29, 0.717) is 12.3 Å². The molecule has 1 aromatic carbocycles. The number of rotatable bonds is 3. The van der Waals surface area contributed by atoms with Crippen LogP contribution in [0.5, 0.6) is 0 Å². The van der Waals surface area contributed by atoms with Crippen molar-refractivity contribution < 1.29 is 4.39 Å². The molecule has 0 aliphatic carbocycles. The number of thiol groups is 1. The number of halogens is 2. The zero-order valence-corrected chi connectivity index (χ0v) is 10.0. The van der Waals surface area contributed by atoms with E-state index < -0.39 is 0 Å². The second-order valence-corrected chi connectivity index (χ2v) is 4.14. The summed E-state index contributed by atoms with van der Waals surface area (Å²) in [5.41, 5.74) is 2.62. The standard InChI is InChI=1S/C11H10ClFN2S/c12-6-5-10-11(15(16)7-14-10)8-1-3-9(13)4-2-8/h1-4,7,16H,5-6H2. The molecule has 2 rings (SSSR count). The summed E-state index contributed by atoms with van der Waals surface area (Å²) in [6.07, 6.45) is 2.28. The molecular formula is C11H10ClFN2S. The Morgan fingerprint density at radius 3 is 2.62 bits per heavy atom. The zero-order valence-electron chi connectivity index (χ0n) is 8.40. The Labute approximate surface area is 104 Å². The second kappa shape index (κ2) is 4.89. The fourth-order valence-electron chi connectivity index (χ4n) is 1.55. The van der Waals surface area contributed by atoms with Gasteiger partial charge in [0.25, 0.3) is 0 Å². The highest BCUT2D eigenvalue weighted by Crippen LogP contribution is 2.24. The molecule has 0 atom stereocenters. The highest BCUT2D eigenvalue weighted by Gasteiger charge is 2.11. The van der Waals surface area contributed by atoms with Crippen molar-refractivity contribution in [2.24, 2.45) is 0 Å². The molecule has 0 saturated carbocycles. The molecule has 0 spiro atoms. The van der Waals surface area contributed by atoms with Crippen molar-refractivity contribution in [2.75, 3.05) is 5.88 Å². The van der Waals surface area contributed by atoms with Crippen LogP contribution in [-0.4, -0.2) is 14.8 Å². The van der Waals surface area contributed by atoms with E-state index in [1.165, 1.54) is 12.1 Å². The lowest BCUT2D eigenvalue weighted by molar-refractivity contribution is 0.628. The van der Waals surface area contributed by atoms with E-state index in [2.05, 4.69) is 17.8 Å². The van der Waals surface area contributed by atoms with Crippen LogP contribution in [-0.2, 0) is 6.42 Å². The van der Waals surface area contributed by atoms with Crippen LogP contribution >= 0.6 is 24.4 Å². The molecule has 5 heteroatoms. The molecule has 0 unspecified atom stereocenters. The van der Waals surface area contributed by atoms with Gasteiger partial charge in [-0.3, -0.25) is 3.97 Å². The lowest BCUT2D eigenvalue weighted by Crippen LogP contribution is -1.92. The van der Waals surface area contributed by atoms with Gasteiger partial charge in [0, 0.05) is 17.9 Å². The lowest BCUT2D eigenvalue weighted by Gasteiger charge is -2.04. The third-order valence-corrected chi connectivity index (χ3v) is 2.77. The van der Waals surface area contributed by atoms with Gasteiger partial charge in [0.05, 0.1) is 11.4 Å². The third kappa shape index (κ3) is 2.23. The van der Waals surface area contributed by atoms with Gasteiger partial charge in [0.15, 0.2) is 0 Å². The minimum absolute atomic E-state index is 0.257. The minimum Gasteiger partial charge on any atom is -0.275 e. The van der Waals surface area contributed by atoms with E-state index in [0.717, 1.165) is 17.0 Å². The Morgan fingerprint density at radius 2 is 2.00 bits per heavy atom. The molecule has 0 radical (unpaired) electrons. The first kappa shape index (κ1) is 11.5. The van der Waals surface area contributed by atoms with Crippen LogP contribution < -0.4 is 0 Å². The number of benzene rings is 1. The van der Waals surface area contributed by atoms with Gasteiger partial charge < -0.3 is 0 Å². The van der Waals surface area contributed by atoms with E-state index in [4.69, 9.17) is 11.6 Å². The van der Waals surface area contributed by atoms with Gasteiger partial charge >= 0.3 is 0 Å². The SMILES string of the molecule is Fc1ccc(-c2c(CCCl)ncn2S)cc1. The highest BCUT2D eigenvalue weighted by atomic mass is 35.5. The van der Waals surface area contributed by atoms with Crippen LogP contribution in [0.4, 0.5) is 4.39 Å². The van der Waals surface area contributed by atoms with E-state index in [-0.39, 0.29) is 5.82 Å². The molecule has 0 fully saturated rings. The normalized spacial score (nSPS) is 10.7. The highest BCUT2D eigenvalue weighted by molar-refractivity contribution is 7.78. The van der Waals surface area contributed by atoms with Gasteiger partial charge in [-0.15, -0.1) is 11.6 Å². The number of hydrogen-bond donors (Lipinski definition) is 1. The predicted octanol–water partition coefficient (Wildman–Crippen LogP) is 3.16. The number of imidazole rings is 1. The van der Waals surface area contributed by atoms with E-state index in [9.17, 15) is 4.39 Å². The number of aryl methyl sites for hydroxylation is 1. The van der Waals surface area contributed by atoms with Crippen LogP contribution in [0.1, 0.15) is 5.69 Å². The Balaban J connectivity index is 2.45. The van der Waals surface area contributed by atoms with Crippen LogP contribution in [0.15, 0.2) is 30.6 Å². The summed E-state index contributed by atoms with van der Waals surface area (Å²) in [6, 6.07) is 6.24. The van der Waals surface area contributed by atoms with Crippen LogP contribution in [0.3, 0.4) is 0 Å². The fraction of sp³-hybridized carbons (Fsp3) is 0.182. The third-order valence-electron chi connectivity index (χ3n) is 2.27. The molecule has 0 N–H and O–H groups in total. The first-order valence-corrected chi connectivity index (χ1v) is 5.73. The van der Waals surface area contributed by atoms with Crippen molar-refractivity contribution in [3.8, 4) is 11.3 Å². The zero-order chi connectivity index (χ0) is 11.5. The summed E-state index contributed by atoms with van der Waals surface area (Å²) in [5, 5.41) is 0. The summed E-state index contributed by atoms with van der Waals surface area (Å²) < 4.78 is 14.4. The van der Waals surface area contributed by atoms with E-state index >= 15 is 0 Å². The fourth-order valence-corrected chi connectivity index (χ4v) is 2.02. The van der Waals surface area contributed by atoms with Gasteiger partial charge in [-0.05, 0) is 24.3 Å². The molecule has 0 amide bonds. The first-order chi connectivity index (χ1) is 7.72. The topological polar surface area (TPSA) is 17.8 Å². The molecule has 0 aliphatic rings. The number of nitrogens with zero attached hydrogens (tertiary/aromatic N) is 2. The van der Waals surface area contributed by atoms with Crippen LogP contribution in [0.25, 0.3) is 11.3 Å². The summed E-state index contributed by atoms with van der Waals surface area (Å²) in [7, 11) is 0. The van der Waals surface area contributed by atoms with Gasteiger partial charge in [-0.1, -0.05) is 12.8 Å². The molecular weight excluding hydrogens is 247 g/mol. The summed E-state index contributed by atoms with van der Waals surface area (Å²) >= 11 is 9.96. The average molecular weight is 257 g/mol. The molecule has 0 bridgehead atoms. The van der Waals surface area contributed by atoms with Gasteiger partial charge in [-0.2, -0.15) is 0 Å². The van der Waals surface area contributed by atoms with Gasteiger partial charge in [0.1, 0.15) is 12.1 Å². The molecule has 1 heterocycles. The smallest absolute Gasteiger partial charge is 0.123 e. The van der Waals surface area contributed by atoms with Crippen LogP contribution in [0.2, 0.25) is 0 Å². The molecule has 16 heavy (non-hydrogen) atoms. The van der Waals surface area contributed by atoms with Crippen LogP contribution in [0, 0.1) is 5.82 Å². The first-order valence-electron chi connectivity index (χ1n) is 4.79. The maximum Gasteiger partial charge on any atom is 0.123 e. The second-order valence-electron chi connectivity index (χ2n) is 3.33. The number of hydrogen-bond acceptors (Lipinski definition) is 2. The van der Waals surface area contributed by atoms with Crippen molar-refractivity contribution in [3.63, 3.8) is 0 Å². The molecule has 2 aromatic rings. The van der Waals surface area contributed by atoms with Crippen molar-refractivity contribution >= 4 is 24.4 Å². The monoisotopic (exact) mass is 256 g/mol.